The first-order chi connectivity index (χ1) is 38.5. The number of ether oxygens (including phenoxy) is 1. The maximum atomic E-state index is 15.5. The van der Waals surface area contributed by atoms with E-state index < -0.39 is 11.6 Å². The van der Waals surface area contributed by atoms with E-state index in [1.807, 2.05) is 18.3 Å². The summed E-state index contributed by atoms with van der Waals surface area (Å²) in [6.07, 6.45) is 1.92. The molecule has 0 radical (unpaired) electrons. The molecule has 5 nitrogen and oxygen atoms in total. The Bertz CT molecular complexity index is 3960. The minimum absolute atomic E-state index is 0.0613. The van der Waals surface area contributed by atoms with Gasteiger partial charge >= 0.3 is 0 Å². The van der Waals surface area contributed by atoms with Crippen LogP contribution in [-0.4, -0.2) is 16.2 Å². The molecule has 3 heterocycles. The topological polar surface area (TPSA) is 33.5 Å². The zero-order valence-corrected chi connectivity index (χ0v) is 49.6. The Labute approximate surface area is 478 Å². The van der Waals surface area contributed by atoms with Gasteiger partial charge in [-0.15, -0.1) is 0 Å². The van der Waals surface area contributed by atoms with Crippen LogP contribution in [0.4, 0.5) is 31.5 Å². The number of halogens is 2. The van der Waals surface area contributed by atoms with Gasteiger partial charge in [0.25, 0.3) is 0 Å². The van der Waals surface area contributed by atoms with Crippen LogP contribution in [0.2, 0.25) is 0 Å². The summed E-state index contributed by atoms with van der Waals surface area (Å²) in [6, 6.07) is 56.2. The second-order valence-corrected chi connectivity index (χ2v) is 25.6. The Morgan fingerprint density at radius 1 is 0.469 bits per heavy atom. The van der Waals surface area contributed by atoms with Crippen molar-refractivity contribution in [2.75, 3.05) is 16.5 Å². The van der Waals surface area contributed by atoms with Crippen molar-refractivity contribution in [2.45, 2.75) is 131 Å². The van der Waals surface area contributed by atoms with Gasteiger partial charge in [-0.05, 0) is 157 Å². The lowest BCUT2D eigenvalue weighted by atomic mass is 9.78. The molecule has 0 spiro atoms. The molecule has 0 N–H and O–H groups in total. The van der Waals surface area contributed by atoms with Crippen LogP contribution in [0.15, 0.2) is 170 Å². The molecule has 10 aromatic rings. The lowest BCUT2D eigenvalue weighted by Crippen LogP contribution is -2.25. The number of fused-ring (bicyclic) bond motifs is 4. The largest absolute Gasteiger partial charge is 0.457 e. The molecule has 0 amide bonds. The Morgan fingerprint density at radius 2 is 1.05 bits per heavy atom. The highest BCUT2D eigenvalue weighted by Gasteiger charge is 2.33. The van der Waals surface area contributed by atoms with E-state index >= 15 is 8.78 Å². The van der Waals surface area contributed by atoms with Gasteiger partial charge in [0.1, 0.15) is 35.6 Å². The molecule has 2 aromatic heterocycles. The fourth-order valence-corrected chi connectivity index (χ4v) is 11.8. The van der Waals surface area contributed by atoms with Gasteiger partial charge in [-0.2, -0.15) is 0 Å². The molecule has 81 heavy (non-hydrogen) atoms. The summed E-state index contributed by atoms with van der Waals surface area (Å²) in [7, 11) is 0. The molecular formula is C74H76F2N4O. The van der Waals surface area contributed by atoms with Gasteiger partial charge in [0.15, 0.2) is 0 Å². The number of hydrogen-bond acceptors (Lipinski definition) is 4. The fraction of sp³-hybridized carbons (Fsp3) is 0.284. The lowest BCUT2D eigenvalue weighted by Gasteiger charge is -2.29. The van der Waals surface area contributed by atoms with Crippen LogP contribution in [0, 0.1) is 11.6 Å². The third kappa shape index (κ3) is 10.5. The first-order valence-electron chi connectivity index (χ1n) is 28.9. The normalized spacial score (nSPS) is 13.0. The van der Waals surface area contributed by atoms with Crippen LogP contribution in [0.1, 0.15) is 154 Å². The van der Waals surface area contributed by atoms with E-state index in [1.165, 1.54) is 51.1 Å². The predicted molar refractivity (Wildman–Crippen MR) is 337 cm³/mol. The molecule has 0 saturated heterocycles. The van der Waals surface area contributed by atoms with Crippen LogP contribution < -0.4 is 14.5 Å². The Hall–Kier alpha value is -8.03. The molecule has 0 saturated carbocycles. The summed E-state index contributed by atoms with van der Waals surface area (Å²) < 4.78 is 40.5. The molecule has 11 rings (SSSR count). The summed E-state index contributed by atoms with van der Waals surface area (Å²) in [5.41, 5.74) is 18.8. The molecule has 1 aliphatic heterocycles. The first kappa shape index (κ1) is 54.9. The predicted octanol–water partition coefficient (Wildman–Crippen LogP) is 21.6. The van der Waals surface area contributed by atoms with Crippen LogP contribution in [0.3, 0.4) is 0 Å². The Kier molecular flexibility index (Phi) is 14.3. The van der Waals surface area contributed by atoms with E-state index in [0.717, 1.165) is 78.7 Å². The third-order valence-electron chi connectivity index (χ3n) is 16.4. The lowest BCUT2D eigenvalue weighted by molar-refractivity contribution is 0.483. The maximum Gasteiger partial charge on any atom is 0.137 e. The highest BCUT2D eigenvalue weighted by atomic mass is 19.1. The molecule has 0 bridgehead atoms. The van der Waals surface area contributed by atoms with Gasteiger partial charge in [-0.1, -0.05) is 176 Å². The van der Waals surface area contributed by atoms with Gasteiger partial charge in [-0.25, -0.2) is 13.8 Å². The summed E-state index contributed by atoms with van der Waals surface area (Å²) >= 11 is 0. The smallest absolute Gasteiger partial charge is 0.137 e. The quantitative estimate of drug-likeness (QED) is 0.122. The minimum Gasteiger partial charge on any atom is -0.457 e. The van der Waals surface area contributed by atoms with Crippen molar-refractivity contribution >= 4 is 44.6 Å². The van der Waals surface area contributed by atoms with E-state index in [-0.39, 0.29) is 34.5 Å². The summed E-state index contributed by atoms with van der Waals surface area (Å²) in [6.45, 7) is 32.1. The van der Waals surface area contributed by atoms with Crippen LogP contribution in [0.5, 0.6) is 11.5 Å². The fourth-order valence-electron chi connectivity index (χ4n) is 11.8. The second kappa shape index (κ2) is 21.1. The molecule has 0 atom stereocenters. The number of para-hydroxylation sites is 4. The van der Waals surface area contributed by atoms with Crippen molar-refractivity contribution in [2.24, 2.45) is 0 Å². The number of hydrogen-bond donors (Lipinski definition) is 0. The van der Waals surface area contributed by atoms with E-state index in [2.05, 4.69) is 245 Å². The maximum absolute atomic E-state index is 15.5. The number of benzene rings is 8. The number of rotatable bonds is 12. The average Bonchev–Trinajstić information content (AvgIpc) is 4.23. The minimum atomic E-state index is -0.623. The molecular weight excluding hydrogens is 999 g/mol. The van der Waals surface area contributed by atoms with Crippen molar-refractivity contribution in [1.82, 2.24) is 9.55 Å². The standard InChI is InChI=1S/C74H76F2N4O/c1-44(2)48-30-49(45(3)4)32-50(31-48)60-21-19-22-61(51-33-55(75)40-56(76)34-51)72(60)79-43-78(67-24-17-18-25-68(67)79)57-35-52(71-64(46(5)6)37-54(74(12,13)14)38-65(71)47(7)8)36-59(41-57)81-58-26-27-63-62-20-15-16-23-66(62)80(69(63)42-58)70-39-53(28-29-77-70)73(9,10)11/h15-42,44-47H,43H2,1-14H3. The van der Waals surface area contributed by atoms with Gasteiger partial charge < -0.3 is 14.5 Å². The molecule has 0 fully saturated rings. The molecule has 0 aliphatic carbocycles. The zero-order valence-electron chi connectivity index (χ0n) is 49.6. The molecule has 0 unspecified atom stereocenters. The van der Waals surface area contributed by atoms with Gasteiger partial charge in [0.05, 0.1) is 28.1 Å². The summed E-state index contributed by atoms with van der Waals surface area (Å²) in [4.78, 5) is 9.68. The molecule has 8 aromatic carbocycles. The monoisotopic (exact) mass is 1070 g/mol. The van der Waals surface area contributed by atoms with Gasteiger partial charge in [0, 0.05) is 52.0 Å². The number of anilines is 4. The third-order valence-corrected chi connectivity index (χ3v) is 16.4. The number of pyridine rings is 1. The molecule has 412 valence electrons. The van der Waals surface area contributed by atoms with Crippen molar-refractivity contribution in [3.63, 3.8) is 0 Å². The van der Waals surface area contributed by atoms with Crippen molar-refractivity contribution < 1.29 is 13.5 Å². The van der Waals surface area contributed by atoms with Crippen LogP contribution in [-0.2, 0) is 10.8 Å². The highest BCUT2D eigenvalue weighted by Crippen LogP contribution is 2.52. The van der Waals surface area contributed by atoms with Crippen molar-refractivity contribution in [3.05, 3.63) is 215 Å². The second-order valence-electron chi connectivity index (χ2n) is 25.6. The zero-order chi connectivity index (χ0) is 57.4. The average molecular weight is 1080 g/mol. The Morgan fingerprint density at radius 3 is 1.65 bits per heavy atom. The van der Waals surface area contributed by atoms with Gasteiger partial charge in [-0.3, -0.25) is 4.57 Å². The summed E-state index contributed by atoms with van der Waals surface area (Å²) in [5, 5.41) is 2.26. The van der Waals surface area contributed by atoms with E-state index in [1.54, 1.807) is 0 Å². The Balaban J connectivity index is 1.13. The highest BCUT2D eigenvalue weighted by molar-refractivity contribution is 6.09. The first-order valence-corrected chi connectivity index (χ1v) is 28.9. The molecule has 1 aliphatic rings. The number of nitrogens with zero attached hydrogens (tertiary/aromatic N) is 4. The SMILES string of the molecule is CC(C)c1cc(-c2cccc(-c3cc(F)cc(F)c3)c2N2CN(c3cc(Oc4ccc5c6ccccc6n(-c6cc(C(C)(C)C)ccn6)c5c4)cc(-c4c(C(C)C)cc(C(C)(C)C)cc4C(C)C)c3)c3ccccc32)cc(C(C)C)c1. The van der Waals surface area contributed by atoms with E-state index in [0.29, 0.717) is 23.7 Å². The van der Waals surface area contributed by atoms with Crippen LogP contribution in [0.25, 0.3) is 61.0 Å². The van der Waals surface area contributed by atoms with E-state index in [4.69, 9.17) is 9.72 Å². The summed E-state index contributed by atoms with van der Waals surface area (Å²) in [5.74, 6) is 2.01. The number of aromatic nitrogens is 2. The molecule has 7 heteroatoms. The van der Waals surface area contributed by atoms with E-state index in [9.17, 15) is 0 Å². The van der Waals surface area contributed by atoms with Gasteiger partial charge in [0.2, 0.25) is 0 Å². The van der Waals surface area contributed by atoms with Crippen LogP contribution >= 0.6 is 0 Å². The van der Waals surface area contributed by atoms with Crippen molar-refractivity contribution in [3.8, 4) is 50.7 Å². The van der Waals surface area contributed by atoms with Crippen molar-refractivity contribution in [1.29, 1.82) is 0 Å².